The number of hydrogen-bond donors (Lipinski definition) is 0. The minimum Gasteiger partial charge on any atom is -0.746 e. The van der Waals surface area contributed by atoms with Crippen LogP contribution in [0.3, 0.4) is 0 Å². The Hall–Kier alpha value is 4.64. The van der Waals surface area contributed by atoms with Gasteiger partial charge < -0.3 is 13.7 Å². The molecule has 0 bridgehead atoms. The van der Waals surface area contributed by atoms with E-state index in [-0.39, 0.29) is 154 Å². The Balaban J connectivity index is -0.000000240. The molecule has 0 spiro atoms. The summed E-state index contributed by atoms with van der Waals surface area (Å²) >= 11 is 0. The van der Waals surface area contributed by atoms with Crippen LogP contribution in [0.5, 0.6) is 0 Å². The van der Waals surface area contributed by atoms with E-state index in [1.54, 1.807) is 0 Å². The molecule has 16 heavy (non-hydrogen) atoms. The van der Waals surface area contributed by atoms with Gasteiger partial charge in [-0.25, -0.2) is 25.3 Å². The van der Waals surface area contributed by atoms with Crippen LogP contribution < -0.4 is 154 Å². The molecule has 0 saturated heterocycles. The molecule has 0 amide bonds. The smallest absolute Gasteiger partial charge is 0.746 e. The predicted molar refractivity (Wildman–Crippen MR) is 32.9 cm³/mol. The van der Waals surface area contributed by atoms with Crippen LogP contribution in [-0.4, -0.2) is 42.8 Å². The first kappa shape index (κ1) is 28.8. The SMILES string of the molecule is O=S(=O)([O-])C(S(=O)(=O)[O-])S(=O)(=O)[O-].[K+].[K+].[K+]. The summed E-state index contributed by atoms with van der Waals surface area (Å²) in [5.74, 6) is 0. The fourth-order valence-electron chi connectivity index (χ4n) is 0.433. The average Bonchev–Trinajstić information content (AvgIpc) is 1.44. The van der Waals surface area contributed by atoms with Crippen LogP contribution >= 0.6 is 0 Å². The molecule has 0 aromatic carbocycles. The van der Waals surface area contributed by atoms with Gasteiger partial charge in [0, 0.05) is 0 Å². The maximum atomic E-state index is 9.91. The Morgan fingerprint density at radius 3 is 0.688 bits per heavy atom. The molecule has 0 atom stereocenters. The summed E-state index contributed by atoms with van der Waals surface area (Å²) in [6.45, 7) is 0. The first-order valence-corrected chi connectivity index (χ1v) is 6.62. The van der Waals surface area contributed by atoms with Gasteiger partial charge in [-0.3, -0.25) is 0 Å². The Labute approximate surface area is 220 Å². The zero-order valence-corrected chi connectivity index (χ0v) is 20.3. The Morgan fingerprint density at radius 1 is 0.562 bits per heavy atom. The van der Waals surface area contributed by atoms with E-state index < -0.39 is 34.3 Å². The topological polar surface area (TPSA) is 172 Å². The minimum absolute atomic E-state index is 0. The van der Waals surface area contributed by atoms with Gasteiger partial charge in [0.1, 0.15) is 30.4 Å². The molecule has 9 nitrogen and oxygen atoms in total. The van der Waals surface area contributed by atoms with Gasteiger partial charge in [-0.1, -0.05) is 0 Å². The van der Waals surface area contributed by atoms with E-state index in [1.165, 1.54) is 0 Å². The minimum atomic E-state index is -6.03. The zero-order valence-electron chi connectivity index (χ0n) is 8.48. The second kappa shape index (κ2) is 10.4. The molecule has 0 aromatic heterocycles. The zero-order chi connectivity index (χ0) is 11.1. The molecule has 15 heteroatoms. The van der Waals surface area contributed by atoms with Crippen molar-refractivity contribution >= 4 is 30.4 Å². The van der Waals surface area contributed by atoms with Crippen molar-refractivity contribution in [2.24, 2.45) is 0 Å². The van der Waals surface area contributed by atoms with Crippen molar-refractivity contribution in [1.29, 1.82) is 0 Å². The summed E-state index contributed by atoms with van der Waals surface area (Å²) in [4.78, 5) is 0. The number of hydrogen-bond acceptors (Lipinski definition) is 9. The second-order valence-corrected chi connectivity index (χ2v) is 7.03. The van der Waals surface area contributed by atoms with E-state index in [2.05, 4.69) is 0 Å². The fourth-order valence-corrected chi connectivity index (χ4v) is 3.90. The van der Waals surface area contributed by atoms with E-state index >= 15 is 0 Å². The molecule has 0 unspecified atom stereocenters. The molecule has 0 aromatic rings. The van der Waals surface area contributed by atoms with Gasteiger partial charge in [0.2, 0.25) is 3.91 Å². The van der Waals surface area contributed by atoms with Crippen molar-refractivity contribution in [3.63, 3.8) is 0 Å². The molecule has 80 valence electrons. The molecule has 0 rings (SSSR count). The predicted octanol–water partition coefficient (Wildman–Crippen LogP) is -12.1. The van der Waals surface area contributed by atoms with Crippen LogP contribution in [0.4, 0.5) is 0 Å². The van der Waals surface area contributed by atoms with Gasteiger partial charge in [-0.05, 0) is 0 Å². The van der Waals surface area contributed by atoms with Gasteiger partial charge >= 0.3 is 154 Å². The third kappa shape index (κ3) is 11.3. The van der Waals surface area contributed by atoms with E-state index in [0.29, 0.717) is 0 Å². The summed E-state index contributed by atoms with van der Waals surface area (Å²) in [7, 11) is -18.1. The van der Waals surface area contributed by atoms with Gasteiger partial charge in [0.25, 0.3) is 0 Å². The normalized spacial score (nSPS) is 12.0. The Kier molecular flexibility index (Phi) is 18.7. The molecule has 0 N–H and O–H groups in total. The van der Waals surface area contributed by atoms with E-state index in [9.17, 15) is 38.9 Å². The van der Waals surface area contributed by atoms with E-state index in [1.807, 2.05) is 0 Å². The standard InChI is InChI=1S/CH4O9S3.3K/c2-11(3,4)1(12(5,6)7)13(8,9)10;;;/h1H,(H,2,3,4)(H,5,6,7)(H,8,9,10);;;/q;3*+1/p-3. The van der Waals surface area contributed by atoms with Crippen LogP contribution in [0.15, 0.2) is 0 Å². The van der Waals surface area contributed by atoms with Crippen molar-refractivity contribution in [2.75, 3.05) is 0 Å². The van der Waals surface area contributed by atoms with Crippen molar-refractivity contribution < 1.29 is 193 Å². The molecule has 0 fully saturated rings. The maximum Gasteiger partial charge on any atom is 1.00 e. The monoisotopic (exact) mass is 370 g/mol. The van der Waals surface area contributed by atoms with Crippen LogP contribution in [0.25, 0.3) is 0 Å². The van der Waals surface area contributed by atoms with Crippen LogP contribution in [0.2, 0.25) is 0 Å². The maximum absolute atomic E-state index is 9.91. The van der Waals surface area contributed by atoms with Gasteiger partial charge in [-0.2, -0.15) is 0 Å². The molecule has 0 saturated carbocycles. The largest absolute Gasteiger partial charge is 1.00 e. The van der Waals surface area contributed by atoms with Crippen molar-refractivity contribution in [3.05, 3.63) is 0 Å². The summed E-state index contributed by atoms with van der Waals surface area (Å²) < 4.78 is 85.2. The van der Waals surface area contributed by atoms with Crippen LogP contribution in [0.1, 0.15) is 0 Å². The third-order valence-corrected chi connectivity index (χ3v) is 6.36. The molecule has 0 aliphatic carbocycles. The summed E-state index contributed by atoms with van der Waals surface area (Å²) in [6, 6.07) is 0. The molecule has 0 aliphatic rings. The third-order valence-electron chi connectivity index (χ3n) is 0.707. The first-order chi connectivity index (χ1) is 5.37. The van der Waals surface area contributed by atoms with Gasteiger partial charge in [0.05, 0.1) is 0 Å². The van der Waals surface area contributed by atoms with E-state index in [4.69, 9.17) is 0 Å². The summed E-state index contributed by atoms with van der Waals surface area (Å²) in [5, 5.41) is 0. The summed E-state index contributed by atoms with van der Waals surface area (Å²) in [6.07, 6.45) is 0. The summed E-state index contributed by atoms with van der Waals surface area (Å²) in [5.41, 5.74) is 0. The molecule has 0 heterocycles. The van der Waals surface area contributed by atoms with Crippen molar-refractivity contribution in [3.8, 4) is 0 Å². The van der Waals surface area contributed by atoms with Crippen molar-refractivity contribution in [2.45, 2.75) is 3.91 Å². The quantitative estimate of drug-likeness (QED) is 0.345. The van der Waals surface area contributed by atoms with Gasteiger partial charge in [-0.15, -0.1) is 0 Å². The average molecular weight is 371 g/mol. The molecular formula is CHK3O9S3. The van der Waals surface area contributed by atoms with Crippen LogP contribution in [-0.2, 0) is 30.4 Å². The molecule has 0 radical (unpaired) electrons. The van der Waals surface area contributed by atoms with Gasteiger partial charge in [0.15, 0.2) is 0 Å². The molecular weight excluding hydrogens is 369 g/mol. The Bertz CT molecular complexity index is 408. The van der Waals surface area contributed by atoms with Crippen LogP contribution in [0, 0.1) is 0 Å². The van der Waals surface area contributed by atoms with Crippen molar-refractivity contribution in [1.82, 2.24) is 0 Å². The molecule has 0 aliphatic heterocycles. The van der Waals surface area contributed by atoms with E-state index in [0.717, 1.165) is 0 Å². The second-order valence-electron chi connectivity index (χ2n) is 1.77. The first-order valence-electron chi connectivity index (χ1n) is 2.21. The number of rotatable bonds is 3. The fraction of sp³-hybridized carbons (Fsp3) is 1.00. The Morgan fingerprint density at radius 2 is 0.688 bits per heavy atom.